The van der Waals surface area contributed by atoms with E-state index in [0.717, 1.165) is 40.0 Å². The number of rotatable bonds is 3. The van der Waals surface area contributed by atoms with Crippen molar-refractivity contribution in [1.82, 2.24) is 15.5 Å². The summed E-state index contributed by atoms with van der Waals surface area (Å²) < 4.78 is 0. The molecule has 1 aromatic carbocycles. The van der Waals surface area contributed by atoms with Gasteiger partial charge >= 0.3 is 0 Å². The number of hydrogen-bond acceptors (Lipinski definition) is 6. The molecule has 4 N–H and O–H groups in total. The van der Waals surface area contributed by atoms with Gasteiger partial charge in [0.25, 0.3) is 5.91 Å². The maximum absolute atomic E-state index is 12.6. The second-order valence-electron chi connectivity index (χ2n) is 6.51. The first kappa shape index (κ1) is 16.5. The Hall–Kier alpha value is -2.93. The fourth-order valence-electron chi connectivity index (χ4n) is 3.16. The van der Waals surface area contributed by atoms with Crippen LogP contribution in [0.3, 0.4) is 0 Å². The van der Waals surface area contributed by atoms with Crippen LogP contribution in [0, 0.1) is 13.8 Å². The zero-order chi connectivity index (χ0) is 18.4. The Morgan fingerprint density at radius 3 is 3.00 bits per heavy atom. The molecule has 0 spiro atoms. The van der Waals surface area contributed by atoms with Crippen molar-refractivity contribution in [1.29, 1.82) is 0 Å². The van der Waals surface area contributed by atoms with Gasteiger partial charge in [0, 0.05) is 29.7 Å². The van der Waals surface area contributed by atoms with E-state index in [4.69, 9.17) is 5.73 Å². The Bertz CT molecular complexity index is 1070. The Labute approximate surface area is 155 Å². The highest BCUT2D eigenvalue weighted by molar-refractivity contribution is 7.21. The molecule has 4 rings (SSSR count). The molecule has 7 heteroatoms. The van der Waals surface area contributed by atoms with Gasteiger partial charge in [0.1, 0.15) is 9.71 Å². The standard InChI is InChI=1S/C19H19N5OS/c1-9-6-13-7-12(4-5-14(13)22-9)8-21-18(25)17-16(20)15-10(2)11(3)23-24-19(15)26-17/h4-5,7,22H,1,6,8,20H2,2-3H3,(H,21,25). The van der Waals surface area contributed by atoms with Gasteiger partial charge in [-0.05, 0) is 36.6 Å². The van der Waals surface area contributed by atoms with Crippen LogP contribution in [0.1, 0.15) is 32.1 Å². The van der Waals surface area contributed by atoms with E-state index in [1.165, 1.54) is 16.9 Å². The minimum atomic E-state index is -0.189. The quantitative estimate of drug-likeness (QED) is 0.662. The van der Waals surface area contributed by atoms with Crippen LogP contribution in [0.25, 0.3) is 10.2 Å². The van der Waals surface area contributed by atoms with Gasteiger partial charge in [-0.2, -0.15) is 5.10 Å². The number of anilines is 2. The lowest BCUT2D eigenvalue weighted by Crippen LogP contribution is -2.22. The van der Waals surface area contributed by atoms with Crippen LogP contribution in [-0.4, -0.2) is 16.1 Å². The summed E-state index contributed by atoms with van der Waals surface area (Å²) in [5.41, 5.74) is 12.8. The summed E-state index contributed by atoms with van der Waals surface area (Å²) in [6.07, 6.45) is 0.817. The summed E-state index contributed by atoms with van der Waals surface area (Å²) in [5.74, 6) is -0.189. The van der Waals surface area contributed by atoms with Gasteiger partial charge < -0.3 is 16.4 Å². The molecule has 3 aromatic rings. The van der Waals surface area contributed by atoms with E-state index in [1.54, 1.807) is 0 Å². The lowest BCUT2D eigenvalue weighted by Gasteiger charge is -2.07. The van der Waals surface area contributed by atoms with Crippen molar-refractivity contribution in [3.63, 3.8) is 0 Å². The number of nitrogen functional groups attached to an aromatic ring is 1. The van der Waals surface area contributed by atoms with Gasteiger partial charge in [-0.1, -0.05) is 18.7 Å². The average molecular weight is 365 g/mol. The third kappa shape index (κ3) is 2.70. The van der Waals surface area contributed by atoms with Gasteiger partial charge in [-0.15, -0.1) is 16.4 Å². The van der Waals surface area contributed by atoms with E-state index in [-0.39, 0.29) is 5.91 Å². The van der Waals surface area contributed by atoms with Crippen LogP contribution in [-0.2, 0) is 13.0 Å². The number of nitrogens with two attached hydrogens (primary N) is 1. The van der Waals surface area contributed by atoms with Gasteiger partial charge in [0.2, 0.25) is 0 Å². The monoisotopic (exact) mass is 365 g/mol. The molecular formula is C19H19N5OS. The molecule has 0 bridgehead atoms. The molecule has 1 aliphatic rings. The number of amides is 1. The molecule has 1 amide bonds. The molecule has 0 radical (unpaired) electrons. The average Bonchev–Trinajstić information content (AvgIpc) is 3.15. The normalized spacial score (nSPS) is 12.9. The van der Waals surface area contributed by atoms with E-state index in [9.17, 15) is 4.79 Å². The summed E-state index contributed by atoms with van der Waals surface area (Å²) in [7, 11) is 0. The van der Waals surface area contributed by atoms with Gasteiger partial charge in [-0.25, -0.2) is 0 Å². The van der Waals surface area contributed by atoms with Gasteiger partial charge in [-0.3, -0.25) is 4.79 Å². The molecule has 0 saturated carbocycles. The van der Waals surface area contributed by atoms with Crippen LogP contribution in [0.2, 0.25) is 0 Å². The zero-order valence-electron chi connectivity index (χ0n) is 14.6. The first-order chi connectivity index (χ1) is 12.4. The molecule has 0 fully saturated rings. The van der Waals surface area contributed by atoms with Crippen LogP contribution in [0.5, 0.6) is 0 Å². The largest absolute Gasteiger partial charge is 0.397 e. The lowest BCUT2D eigenvalue weighted by molar-refractivity contribution is 0.0956. The number of fused-ring (bicyclic) bond motifs is 2. The number of aromatic nitrogens is 2. The second kappa shape index (κ2) is 6.10. The number of aryl methyl sites for hydroxylation is 2. The lowest BCUT2D eigenvalue weighted by atomic mass is 10.1. The van der Waals surface area contributed by atoms with E-state index >= 15 is 0 Å². The SMILES string of the molecule is C=C1Cc2cc(CNC(=O)c3sc4nnc(C)c(C)c4c3N)ccc2N1. The highest BCUT2D eigenvalue weighted by atomic mass is 32.1. The first-order valence-electron chi connectivity index (χ1n) is 8.30. The fraction of sp³-hybridized carbons (Fsp3) is 0.211. The molecule has 0 saturated heterocycles. The van der Waals surface area contributed by atoms with E-state index in [2.05, 4.69) is 33.5 Å². The minimum Gasteiger partial charge on any atom is -0.397 e. The second-order valence-corrected chi connectivity index (χ2v) is 7.51. The van der Waals surface area contributed by atoms with Crippen LogP contribution < -0.4 is 16.4 Å². The predicted octanol–water partition coefficient (Wildman–Crippen LogP) is 3.30. The molecule has 132 valence electrons. The van der Waals surface area contributed by atoms with E-state index in [0.29, 0.717) is 21.9 Å². The number of benzene rings is 1. The Morgan fingerprint density at radius 1 is 1.38 bits per heavy atom. The van der Waals surface area contributed by atoms with Crippen LogP contribution in [0.4, 0.5) is 11.4 Å². The third-order valence-corrected chi connectivity index (χ3v) is 5.77. The minimum absolute atomic E-state index is 0.189. The number of allylic oxidation sites excluding steroid dienone is 1. The molecule has 2 aromatic heterocycles. The maximum atomic E-state index is 12.6. The smallest absolute Gasteiger partial charge is 0.263 e. The van der Waals surface area contributed by atoms with Gasteiger partial charge in [0.05, 0.1) is 11.4 Å². The van der Waals surface area contributed by atoms with E-state index in [1.807, 2.05) is 26.0 Å². The number of thiophene rings is 1. The first-order valence-corrected chi connectivity index (χ1v) is 9.12. The van der Waals surface area contributed by atoms with Gasteiger partial charge in [0.15, 0.2) is 0 Å². The van der Waals surface area contributed by atoms with Crippen molar-refractivity contribution in [2.75, 3.05) is 11.1 Å². The summed E-state index contributed by atoms with van der Waals surface area (Å²) in [5, 5.41) is 15.3. The summed E-state index contributed by atoms with van der Waals surface area (Å²) in [4.78, 5) is 13.8. The molecule has 6 nitrogen and oxygen atoms in total. The Kier molecular flexibility index (Phi) is 3.88. The molecule has 3 heterocycles. The summed E-state index contributed by atoms with van der Waals surface area (Å²) in [6.45, 7) is 8.23. The summed E-state index contributed by atoms with van der Waals surface area (Å²) >= 11 is 1.28. The fourth-order valence-corrected chi connectivity index (χ4v) is 4.18. The highest BCUT2D eigenvalue weighted by Crippen LogP contribution is 2.35. The molecule has 26 heavy (non-hydrogen) atoms. The predicted molar refractivity (Wildman–Crippen MR) is 105 cm³/mol. The highest BCUT2D eigenvalue weighted by Gasteiger charge is 2.20. The molecule has 0 atom stereocenters. The molecule has 1 aliphatic heterocycles. The number of nitrogens with zero attached hydrogens (tertiary/aromatic N) is 2. The molecular weight excluding hydrogens is 346 g/mol. The molecule has 0 unspecified atom stereocenters. The van der Waals surface area contributed by atoms with Crippen molar-refractivity contribution in [3.8, 4) is 0 Å². The number of carbonyl (C=O) groups excluding carboxylic acids is 1. The number of nitrogens with one attached hydrogen (secondary N) is 2. The maximum Gasteiger partial charge on any atom is 0.263 e. The third-order valence-electron chi connectivity index (χ3n) is 4.68. The zero-order valence-corrected chi connectivity index (χ0v) is 15.5. The Morgan fingerprint density at radius 2 is 2.19 bits per heavy atom. The van der Waals surface area contributed by atoms with Crippen LogP contribution in [0.15, 0.2) is 30.5 Å². The number of hydrogen-bond donors (Lipinski definition) is 3. The molecule has 0 aliphatic carbocycles. The van der Waals surface area contributed by atoms with Crippen molar-refractivity contribution < 1.29 is 4.79 Å². The van der Waals surface area contributed by atoms with Crippen LogP contribution >= 0.6 is 11.3 Å². The topological polar surface area (TPSA) is 92.9 Å². The van der Waals surface area contributed by atoms with Crippen molar-refractivity contribution in [2.45, 2.75) is 26.8 Å². The van der Waals surface area contributed by atoms with Crippen molar-refractivity contribution in [3.05, 3.63) is 57.7 Å². The van der Waals surface area contributed by atoms with Crippen molar-refractivity contribution in [2.24, 2.45) is 0 Å². The van der Waals surface area contributed by atoms with Crippen molar-refractivity contribution >= 4 is 38.8 Å². The summed E-state index contributed by atoms with van der Waals surface area (Å²) in [6, 6.07) is 6.11. The van der Waals surface area contributed by atoms with E-state index < -0.39 is 0 Å². The number of carbonyl (C=O) groups is 1. The Balaban J connectivity index is 1.55.